The minimum absolute atomic E-state index is 0.105. The van der Waals surface area contributed by atoms with Crippen LogP contribution in [0.2, 0.25) is 0 Å². The summed E-state index contributed by atoms with van der Waals surface area (Å²) in [6, 6.07) is 5.41. The number of urea groups is 1. The standard InChI is InChI=1S/C23H31N7O3S/c1-6-20(31)29-33-14-16-11-15(9-10-24-16)7-8-17-13-25-22(34-17)27-21(32)26-19-12-18(23(2,3)4)28-30(19)5/h9-13H,6-8,14H2,1-5H3,(H,29,31)(H2,25,26,27,32). The molecule has 0 spiro atoms. The number of carbonyl (C=O) groups excluding carboxylic acids is 2. The molecule has 11 heteroatoms. The Bertz CT molecular complexity index is 1130. The highest BCUT2D eigenvalue weighted by Crippen LogP contribution is 2.24. The number of amides is 3. The van der Waals surface area contributed by atoms with Gasteiger partial charge in [-0.2, -0.15) is 5.10 Å². The summed E-state index contributed by atoms with van der Waals surface area (Å²) >= 11 is 1.44. The van der Waals surface area contributed by atoms with Gasteiger partial charge in [-0.1, -0.05) is 27.7 Å². The molecule has 3 aromatic heterocycles. The van der Waals surface area contributed by atoms with E-state index in [0.717, 1.165) is 34.7 Å². The quantitative estimate of drug-likeness (QED) is 0.394. The van der Waals surface area contributed by atoms with Crippen molar-refractivity contribution < 1.29 is 14.4 Å². The molecule has 3 rings (SSSR count). The average molecular weight is 486 g/mol. The summed E-state index contributed by atoms with van der Waals surface area (Å²) in [4.78, 5) is 38.5. The molecule has 0 unspecified atom stereocenters. The maximum Gasteiger partial charge on any atom is 0.326 e. The number of thiazole rings is 1. The molecule has 0 aliphatic rings. The third-order valence-electron chi connectivity index (χ3n) is 4.93. The predicted octanol–water partition coefficient (Wildman–Crippen LogP) is 3.96. The Morgan fingerprint density at radius 1 is 1.15 bits per heavy atom. The fourth-order valence-electron chi connectivity index (χ4n) is 2.97. The number of rotatable bonds is 9. The van der Waals surface area contributed by atoms with E-state index in [0.29, 0.717) is 17.4 Å². The van der Waals surface area contributed by atoms with Crippen LogP contribution in [0.3, 0.4) is 0 Å². The van der Waals surface area contributed by atoms with Crippen LogP contribution in [0.4, 0.5) is 15.7 Å². The Morgan fingerprint density at radius 2 is 1.94 bits per heavy atom. The number of hydroxylamine groups is 1. The zero-order valence-corrected chi connectivity index (χ0v) is 21.0. The van der Waals surface area contributed by atoms with Crippen LogP contribution >= 0.6 is 11.3 Å². The number of hydrogen-bond acceptors (Lipinski definition) is 7. The van der Waals surface area contributed by atoms with E-state index >= 15 is 0 Å². The van der Waals surface area contributed by atoms with Gasteiger partial charge in [0.05, 0.1) is 11.4 Å². The van der Waals surface area contributed by atoms with Gasteiger partial charge in [-0.15, -0.1) is 11.3 Å². The molecule has 0 fully saturated rings. The van der Waals surface area contributed by atoms with Crippen LogP contribution in [-0.2, 0) is 41.5 Å². The highest BCUT2D eigenvalue weighted by Gasteiger charge is 2.20. The Balaban J connectivity index is 1.49. The number of pyridine rings is 1. The largest absolute Gasteiger partial charge is 0.326 e. The lowest BCUT2D eigenvalue weighted by atomic mass is 9.92. The summed E-state index contributed by atoms with van der Waals surface area (Å²) in [6.07, 6.45) is 5.42. The second-order valence-corrected chi connectivity index (χ2v) is 9.94. The van der Waals surface area contributed by atoms with E-state index in [1.54, 1.807) is 31.0 Å². The van der Waals surface area contributed by atoms with Crippen molar-refractivity contribution in [1.82, 2.24) is 25.2 Å². The maximum absolute atomic E-state index is 12.4. The first-order valence-electron chi connectivity index (χ1n) is 11.1. The van der Waals surface area contributed by atoms with Gasteiger partial charge in [0.2, 0.25) is 5.91 Å². The van der Waals surface area contributed by atoms with E-state index in [1.807, 2.05) is 18.2 Å². The van der Waals surface area contributed by atoms with Gasteiger partial charge < -0.3 is 0 Å². The Morgan fingerprint density at radius 3 is 2.65 bits per heavy atom. The van der Waals surface area contributed by atoms with E-state index < -0.39 is 0 Å². The number of aromatic nitrogens is 4. The average Bonchev–Trinajstić information content (AvgIpc) is 3.38. The lowest BCUT2D eigenvalue weighted by molar-refractivity contribution is -0.134. The summed E-state index contributed by atoms with van der Waals surface area (Å²) in [7, 11) is 1.80. The van der Waals surface area contributed by atoms with Gasteiger partial charge in [-0.3, -0.25) is 29.9 Å². The SMILES string of the molecule is CCC(=O)NOCc1cc(CCc2cnc(NC(=O)Nc3cc(C(C)(C)C)nn3C)s2)ccn1. The highest BCUT2D eigenvalue weighted by molar-refractivity contribution is 7.15. The van der Waals surface area contributed by atoms with Crippen LogP contribution < -0.4 is 16.1 Å². The fraction of sp³-hybridized carbons (Fsp3) is 0.435. The van der Waals surface area contributed by atoms with Crippen LogP contribution in [0.15, 0.2) is 30.6 Å². The molecular formula is C23H31N7O3S. The van der Waals surface area contributed by atoms with Crippen molar-refractivity contribution in [1.29, 1.82) is 0 Å². The van der Waals surface area contributed by atoms with Gasteiger partial charge in [0.1, 0.15) is 12.4 Å². The van der Waals surface area contributed by atoms with Gasteiger partial charge in [0, 0.05) is 42.2 Å². The van der Waals surface area contributed by atoms with Crippen molar-refractivity contribution in [2.45, 2.75) is 59.0 Å². The van der Waals surface area contributed by atoms with Crippen molar-refractivity contribution in [2.75, 3.05) is 10.6 Å². The lowest BCUT2D eigenvalue weighted by Gasteiger charge is -2.13. The summed E-state index contributed by atoms with van der Waals surface area (Å²) in [5.41, 5.74) is 5.01. The Kier molecular flexibility index (Phi) is 8.35. The fourth-order valence-corrected chi connectivity index (χ4v) is 3.78. The van der Waals surface area contributed by atoms with Crippen molar-refractivity contribution in [3.63, 3.8) is 0 Å². The van der Waals surface area contributed by atoms with Gasteiger partial charge in [-0.05, 0) is 30.5 Å². The minimum atomic E-state index is -0.363. The first-order valence-corrected chi connectivity index (χ1v) is 11.9. The number of anilines is 2. The van der Waals surface area contributed by atoms with Gasteiger partial charge >= 0.3 is 6.03 Å². The molecule has 0 bridgehead atoms. The van der Waals surface area contributed by atoms with E-state index in [1.165, 1.54) is 11.3 Å². The van der Waals surface area contributed by atoms with E-state index in [-0.39, 0.29) is 24.0 Å². The highest BCUT2D eigenvalue weighted by atomic mass is 32.1. The number of aryl methyl sites for hydroxylation is 3. The van der Waals surface area contributed by atoms with Crippen molar-refractivity contribution in [3.05, 3.63) is 52.4 Å². The zero-order chi connectivity index (χ0) is 24.7. The molecule has 182 valence electrons. The van der Waals surface area contributed by atoms with Crippen LogP contribution in [0.1, 0.15) is 55.9 Å². The molecule has 0 aliphatic carbocycles. The van der Waals surface area contributed by atoms with E-state index in [9.17, 15) is 9.59 Å². The maximum atomic E-state index is 12.4. The zero-order valence-electron chi connectivity index (χ0n) is 20.1. The normalized spacial score (nSPS) is 11.3. The number of carbonyl (C=O) groups is 2. The minimum Gasteiger partial charge on any atom is -0.292 e. The topological polar surface area (TPSA) is 123 Å². The van der Waals surface area contributed by atoms with E-state index in [2.05, 4.69) is 52.0 Å². The molecule has 10 nitrogen and oxygen atoms in total. The lowest BCUT2D eigenvalue weighted by Crippen LogP contribution is -2.22. The summed E-state index contributed by atoms with van der Waals surface area (Å²) in [5.74, 6) is 0.445. The first kappa shape index (κ1) is 25.3. The molecule has 0 saturated carbocycles. The van der Waals surface area contributed by atoms with Crippen LogP contribution in [0, 0.1) is 0 Å². The molecule has 0 aromatic carbocycles. The first-order chi connectivity index (χ1) is 16.1. The van der Waals surface area contributed by atoms with Crippen molar-refractivity contribution >= 4 is 34.2 Å². The molecule has 3 amide bonds. The molecule has 0 aliphatic heterocycles. The Hall–Kier alpha value is -3.31. The molecule has 0 atom stereocenters. The van der Waals surface area contributed by atoms with Gasteiger partial charge in [0.15, 0.2) is 5.13 Å². The van der Waals surface area contributed by atoms with Crippen LogP contribution in [-0.4, -0.2) is 31.7 Å². The van der Waals surface area contributed by atoms with Crippen LogP contribution in [0.25, 0.3) is 0 Å². The monoisotopic (exact) mass is 485 g/mol. The molecular weight excluding hydrogens is 454 g/mol. The molecule has 3 aromatic rings. The molecule has 3 N–H and O–H groups in total. The van der Waals surface area contributed by atoms with Gasteiger partial charge in [0.25, 0.3) is 0 Å². The summed E-state index contributed by atoms with van der Waals surface area (Å²) in [6.45, 7) is 8.18. The van der Waals surface area contributed by atoms with Crippen molar-refractivity contribution in [2.24, 2.45) is 7.05 Å². The number of hydrogen-bond donors (Lipinski definition) is 3. The second kappa shape index (κ2) is 11.2. The molecule has 0 radical (unpaired) electrons. The third kappa shape index (κ3) is 7.35. The number of nitrogens with zero attached hydrogens (tertiary/aromatic N) is 4. The second-order valence-electron chi connectivity index (χ2n) is 8.82. The molecule has 3 heterocycles. The third-order valence-corrected chi connectivity index (χ3v) is 5.90. The van der Waals surface area contributed by atoms with Crippen molar-refractivity contribution in [3.8, 4) is 0 Å². The van der Waals surface area contributed by atoms with Gasteiger partial charge in [-0.25, -0.2) is 15.3 Å². The predicted molar refractivity (Wildman–Crippen MR) is 132 cm³/mol. The molecule has 34 heavy (non-hydrogen) atoms. The van der Waals surface area contributed by atoms with Crippen LogP contribution in [0.5, 0.6) is 0 Å². The summed E-state index contributed by atoms with van der Waals surface area (Å²) in [5, 5.41) is 10.6. The Labute approximate surface area is 203 Å². The van der Waals surface area contributed by atoms with E-state index in [4.69, 9.17) is 4.84 Å². The number of nitrogens with one attached hydrogen (secondary N) is 3. The molecule has 0 saturated heterocycles. The summed E-state index contributed by atoms with van der Waals surface area (Å²) < 4.78 is 1.65. The smallest absolute Gasteiger partial charge is 0.292 e.